The molecule has 0 saturated carbocycles. The third-order valence-corrected chi connectivity index (χ3v) is 5.52. The number of nitrogens with one attached hydrogen (secondary N) is 2. The summed E-state index contributed by atoms with van der Waals surface area (Å²) < 4.78 is 27.6. The number of rotatable bonds is 4. The highest BCUT2D eigenvalue weighted by Crippen LogP contribution is 2.21. The smallest absolute Gasteiger partial charge is 0.241 e. The minimum Gasteiger partial charge on any atom is -0.316 e. The van der Waals surface area contributed by atoms with E-state index in [4.69, 9.17) is 0 Å². The normalized spacial score (nSPS) is 20.8. The van der Waals surface area contributed by atoms with Crippen LogP contribution in [0.15, 0.2) is 33.6 Å². The molecule has 1 heterocycles. The first-order valence-corrected chi connectivity index (χ1v) is 8.32. The molecule has 18 heavy (non-hydrogen) atoms. The monoisotopic (exact) mass is 332 g/mol. The van der Waals surface area contributed by atoms with Crippen LogP contribution in [-0.4, -0.2) is 28.1 Å². The van der Waals surface area contributed by atoms with Gasteiger partial charge in [-0.1, -0.05) is 12.1 Å². The minimum absolute atomic E-state index is 0.300. The molecule has 1 fully saturated rings. The number of halogens is 1. The first kappa shape index (κ1) is 14.0. The summed E-state index contributed by atoms with van der Waals surface area (Å²) in [5.41, 5.74) is 0. The van der Waals surface area contributed by atoms with Crippen LogP contribution in [-0.2, 0) is 10.0 Å². The molecule has 0 spiro atoms. The molecule has 0 aliphatic carbocycles. The van der Waals surface area contributed by atoms with Gasteiger partial charge in [-0.2, -0.15) is 0 Å². The van der Waals surface area contributed by atoms with E-state index in [2.05, 4.69) is 26.0 Å². The fourth-order valence-corrected chi connectivity index (χ4v) is 4.18. The van der Waals surface area contributed by atoms with Crippen LogP contribution >= 0.6 is 15.9 Å². The Kier molecular flexibility index (Phi) is 4.77. The van der Waals surface area contributed by atoms with E-state index in [0.29, 0.717) is 21.8 Å². The summed E-state index contributed by atoms with van der Waals surface area (Å²) in [6.45, 7) is 2.42. The van der Waals surface area contributed by atoms with Gasteiger partial charge in [-0.25, -0.2) is 13.1 Å². The molecule has 6 heteroatoms. The first-order valence-electron chi connectivity index (χ1n) is 6.04. The van der Waals surface area contributed by atoms with Crippen LogP contribution in [0, 0.1) is 5.92 Å². The lowest BCUT2D eigenvalue weighted by Crippen LogP contribution is -2.38. The Bertz CT molecular complexity index is 499. The summed E-state index contributed by atoms with van der Waals surface area (Å²) in [6.07, 6.45) is 2.19. The molecule has 1 aliphatic heterocycles. The Hall–Kier alpha value is -0.430. The Morgan fingerprint density at radius 2 is 2.17 bits per heavy atom. The standard InChI is InChI=1S/C12H17BrN2O2S/c13-11-5-1-2-6-12(11)18(16,17)15-9-10-4-3-7-14-8-10/h1-2,5-6,10,14-15H,3-4,7-9H2/t10-/m0/s1. The Balaban J connectivity index is 2.01. The molecule has 0 bridgehead atoms. The number of hydrogen-bond acceptors (Lipinski definition) is 3. The number of benzene rings is 1. The molecule has 0 unspecified atom stereocenters. The SMILES string of the molecule is O=S(=O)(NC[C@H]1CCCNC1)c1ccccc1Br. The molecule has 0 radical (unpaired) electrons. The van der Waals surface area contributed by atoms with Gasteiger partial charge < -0.3 is 5.32 Å². The maximum Gasteiger partial charge on any atom is 0.241 e. The van der Waals surface area contributed by atoms with Crippen molar-refractivity contribution >= 4 is 26.0 Å². The molecule has 0 amide bonds. The maximum atomic E-state index is 12.1. The molecule has 1 aliphatic rings. The summed E-state index contributed by atoms with van der Waals surface area (Å²) in [5.74, 6) is 0.385. The quantitative estimate of drug-likeness (QED) is 0.882. The Morgan fingerprint density at radius 3 is 2.83 bits per heavy atom. The Labute approximate surface area is 116 Å². The highest BCUT2D eigenvalue weighted by atomic mass is 79.9. The van der Waals surface area contributed by atoms with Crippen molar-refractivity contribution in [1.29, 1.82) is 0 Å². The van der Waals surface area contributed by atoms with Gasteiger partial charge in [0.2, 0.25) is 10.0 Å². The fraction of sp³-hybridized carbons (Fsp3) is 0.500. The summed E-state index contributed by atoms with van der Waals surface area (Å²) in [4.78, 5) is 0.300. The molecule has 2 rings (SSSR count). The molecule has 1 aromatic rings. The van der Waals surface area contributed by atoms with Crippen molar-refractivity contribution in [1.82, 2.24) is 10.0 Å². The van der Waals surface area contributed by atoms with Crippen molar-refractivity contribution in [2.24, 2.45) is 5.92 Å². The maximum absolute atomic E-state index is 12.1. The summed E-state index contributed by atoms with van der Waals surface area (Å²) in [7, 11) is -3.41. The predicted octanol–water partition coefficient (Wildman–Crippen LogP) is 1.73. The second-order valence-electron chi connectivity index (χ2n) is 4.49. The summed E-state index contributed by atoms with van der Waals surface area (Å²) >= 11 is 3.27. The molecule has 0 aromatic heterocycles. The molecule has 1 atom stereocenters. The largest absolute Gasteiger partial charge is 0.316 e. The van der Waals surface area contributed by atoms with Crippen molar-refractivity contribution in [2.75, 3.05) is 19.6 Å². The van der Waals surface area contributed by atoms with Gasteiger partial charge in [-0.15, -0.1) is 0 Å². The average Bonchev–Trinajstić information content (AvgIpc) is 2.38. The molecule has 1 saturated heterocycles. The topological polar surface area (TPSA) is 58.2 Å². The van der Waals surface area contributed by atoms with Gasteiger partial charge >= 0.3 is 0 Å². The first-order chi connectivity index (χ1) is 8.59. The van der Waals surface area contributed by atoms with E-state index >= 15 is 0 Å². The summed E-state index contributed by atoms with van der Waals surface area (Å²) in [6, 6.07) is 6.86. The third kappa shape index (κ3) is 3.54. The second-order valence-corrected chi connectivity index (χ2v) is 7.08. The van der Waals surface area contributed by atoms with Gasteiger partial charge in [-0.05, 0) is 59.9 Å². The minimum atomic E-state index is -3.41. The van der Waals surface area contributed by atoms with Crippen molar-refractivity contribution in [3.63, 3.8) is 0 Å². The predicted molar refractivity (Wildman–Crippen MR) is 74.9 cm³/mol. The van der Waals surface area contributed by atoms with Gasteiger partial charge in [0.25, 0.3) is 0 Å². The molecule has 2 N–H and O–H groups in total. The van der Waals surface area contributed by atoms with Gasteiger partial charge in [-0.3, -0.25) is 0 Å². The van der Waals surface area contributed by atoms with Crippen LogP contribution in [0.25, 0.3) is 0 Å². The lowest BCUT2D eigenvalue weighted by Gasteiger charge is -2.22. The van der Waals surface area contributed by atoms with E-state index in [1.807, 2.05) is 0 Å². The zero-order chi connectivity index (χ0) is 13.0. The zero-order valence-electron chi connectivity index (χ0n) is 10.0. The lowest BCUT2D eigenvalue weighted by molar-refractivity contribution is 0.376. The van der Waals surface area contributed by atoms with Gasteiger partial charge in [0.15, 0.2) is 0 Å². The van der Waals surface area contributed by atoms with Crippen LogP contribution in [0.2, 0.25) is 0 Å². The van der Waals surface area contributed by atoms with Crippen molar-refractivity contribution in [3.8, 4) is 0 Å². The Morgan fingerprint density at radius 1 is 1.39 bits per heavy atom. The van der Waals surface area contributed by atoms with Gasteiger partial charge in [0.1, 0.15) is 0 Å². The number of hydrogen-bond donors (Lipinski definition) is 2. The molecule has 1 aromatic carbocycles. The zero-order valence-corrected chi connectivity index (χ0v) is 12.4. The van der Waals surface area contributed by atoms with Crippen LogP contribution in [0.5, 0.6) is 0 Å². The van der Waals surface area contributed by atoms with E-state index in [1.54, 1.807) is 24.3 Å². The van der Waals surface area contributed by atoms with Gasteiger partial charge in [0.05, 0.1) is 4.90 Å². The van der Waals surface area contributed by atoms with E-state index < -0.39 is 10.0 Å². The highest BCUT2D eigenvalue weighted by molar-refractivity contribution is 9.10. The average molecular weight is 333 g/mol. The van der Waals surface area contributed by atoms with Crippen molar-refractivity contribution in [3.05, 3.63) is 28.7 Å². The van der Waals surface area contributed by atoms with E-state index in [-0.39, 0.29) is 0 Å². The highest BCUT2D eigenvalue weighted by Gasteiger charge is 2.20. The summed E-state index contributed by atoms with van der Waals surface area (Å²) in [5, 5.41) is 3.28. The molecule has 4 nitrogen and oxygen atoms in total. The van der Waals surface area contributed by atoms with E-state index in [9.17, 15) is 8.42 Å². The molecular weight excluding hydrogens is 316 g/mol. The van der Waals surface area contributed by atoms with E-state index in [1.165, 1.54) is 0 Å². The molecule has 100 valence electrons. The van der Waals surface area contributed by atoms with Crippen molar-refractivity contribution < 1.29 is 8.42 Å². The number of sulfonamides is 1. The van der Waals surface area contributed by atoms with Crippen LogP contribution in [0.3, 0.4) is 0 Å². The lowest BCUT2D eigenvalue weighted by atomic mass is 10.0. The fourth-order valence-electron chi connectivity index (χ4n) is 2.07. The van der Waals surface area contributed by atoms with Crippen molar-refractivity contribution in [2.45, 2.75) is 17.7 Å². The molecular formula is C12H17BrN2O2S. The third-order valence-electron chi connectivity index (χ3n) is 3.09. The number of piperidine rings is 1. The van der Waals surface area contributed by atoms with Crippen LogP contribution in [0.1, 0.15) is 12.8 Å². The van der Waals surface area contributed by atoms with E-state index in [0.717, 1.165) is 25.9 Å². The van der Waals surface area contributed by atoms with Crippen LogP contribution < -0.4 is 10.0 Å². The second kappa shape index (κ2) is 6.14. The van der Waals surface area contributed by atoms with Gasteiger partial charge in [0, 0.05) is 11.0 Å². The van der Waals surface area contributed by atoms with Crippen LogP contribution in [0.4, 0.5) is 0 Å².